The van der Waals surface area contributed by atoms with Crippen LogP contribution in [-0.4, -0.2) is 17.0 Å². The fourth-order valence-corrected chi connectivity index (χ4v) is 2.63. The molecule has 0 radical (unpaired) electrons. The van der Waals surface area contributed by atoms with E-state index in [1.807, 2.05) is 23.9 Å². The third kappa shape index (κ3) is 5.39. The van der Waals surface area contributed by atoms with Crippen molar-refractivity contribution in [3.05, 3.63) is 22.4 Å². The minimum atomic E-state index is -0.00299. The maximum absolute atomic E-state index is 12.1. The predicted octanol–water partition coefficient (Wildman–Crippen LogP) is 4.12. The zero-order valence-electron chi connectivity index (χ0n) is 12.4. The molecule has 0 aliphatic carbocycles. The Kier molecular flexibility index (Phi) is 6.11. The number of carbonyl (C=O) groups is 1. The molecule has 19 heavy (non-hydrogen) atoms. The van der Waals surface area contributed by atoms with Crippen LogP contribution in [0.25, 0.3) is 0 Å². The molecular formula is C15H25BrN2O. The smallest absolute Gasteiger partial charge is 0.267 e. The summed E-state index contributed by atoms with van der Waals surface area (Å²) in [5.74, 6) is -0.00299. The average molecular weight is 329 g/mol. The summed E-state index contributed by atoms with van der Waals surface area (Å²) >= 11 is 3.38. The summed E-state index contributed by atoms with van der Waals surface area (Å²) in [4.78, 5) is 12.1. The van der Waals surface area contributed by atoms with Crippen LogP contribution in [0.2, 0.25) is 0 Å². The summed E-state index contributed by atoms with van der Waals surface area (Å²) in [6, 6.07) is 1.85. The van der Waals surface area contributed by atoms with Crippen LogP contribution in [0.3, 0.4) is 0 Å². The number of nitrogens with one attached hydrogen (secondary N) is 1. The van der Waals surface area contributed by atoms with E-state index in [2.05, 4.69) is 42.0 Å². The number of rotatable bonds is 7. The highest BCUT2D eigenvalue weighted by atomic mass is 79.9. The van der Waals surface area contributed by atoms with Gasteiger partial charge in [-0.25, -0.2) is 0 Å². The molecular weight excluding hydrogens is 304 g/mol. The van der Waals surface area contributed by atoms with Crippen LogP contribution < -0.4 is 5.32 Å². The highest BCUT2D eigenvalue weighted by Crippen LogP contribution is 2.23. The van der Waals surface area contributed by atoms with E-state index in [9.17, 15) is 4.79 Å². The lowest BCUT2D eigenvalue weighted by atomic mass is 9.87. The van der Waals surface area contributed by atoms with Gasteiger partial charge in [0.25, 0.3) is 5.91 Å². The maximum Gasteiger partial charge on any atom is 0.267 e. The molecule has 0 saturated heterocycles. The highest BCUT2D eigenvalue weighted by molar-refractivity contribution is 9.10. The first kappa shape index (κ1) is 16.3. The first-order valence-corrected chi connectivity index (χ1v) is 7.75. The highest BCUT2D eigenvalue weighted by Gasteiger charge is 2.19. The van der Waals surface area contributed by atoms with E-state index in [0.29, 0.717) is 5.69 Å². The quantitative estimate of drug-likeness (QED) is 0.750. The van der Waals surface area contributed by atoms with Gasteiger partial charge in [-0.05, 0) is 33.8 Å². The Labute approximate surface area is 124 Å². The Morgan fingerprint density at radius 3 is 2.63 bits per heavy atom. The Morgan fingerprint density at radius 1 is 1.42 bits per heavy atom. The summed E-state index contributed by atoms with van der Waals surface area (Å²) in [6.45, 7) is 7.36. The normalized spacial score (nSPS) is 11.6. The first-order chi connectivity index (χ1) is 8.85. The number of unbranched alkanes of at least 4 members (excludes halogenated alkanes) is 2. The van der Waals surface area contributed by atoms with Crippen molar-refractivity contribution in [2.75, 3.05) is 6.54 Å². The van der Waals surface area contributed by atoms with Crippen LogP contribution >= 0.6 is 15.9 Å². The molecule has 0 fully saturated rings. The van der Waals surface area contributed by atoms with Gasteiger partial charge in [0.1, 0.15) is 5.69 Å². The van der Waals surface area contributed by atoms with Gasteiger partial charge in [-0.2, -0.15) is 0 Å². The van der Waals surface area contributed by atoms with Gasteiger partial charge < -0.3 is 9.88 Å². The van der Waals surface area contributed by atoms with Gasteiger partial charge in [0.2, 0.25) is 0 Å². The molecule has 1 heterocycles. The molecule has 0 atom stereocenters. The molecule has 0 aliphatic rings. The summed E-state index contributed by atoms with van der Waals surface area (Å²) in [7, 11) is 1.88. The second-order valence-corrected chi connectivity index (χ2v) is 6.87. The number of carbonyl (C=O) groups excluding carboxylic acids is 1. The van der Waals surface area contributed by atoms with Gasteiger partial charge in [-0.15, -0.1) is 0 Å². The SMILES string of the molecule is CCCCCC(C)(C)CNC(=O)c1cc(Br)cn1C. The van der Waals surface area contributed by atoms with Crippen molar-refractivity contribution in [2.45, 2.75) is 46.5 Å². The van der Waals surface area contributed by atoms with Crippen LogP contribution in [0.4, 0.5) is 0 Å². The van der Waals surface area contributed by atoms with Gasteiger partial charge in [0, 0.05) is 24.3 Å². The number of amides is 1. The van der Waals surface area contributed by atoms with Crippen LogP contribution in [0.5, 0.6) is 0 Å². The zero-order chi connectivity index (χ0) is 14.5. The number of nitrogens with zero attached hydrogens (tertiary/aromatic N) is 1. The molecule has 0 bridgehead atoms. The number of hydrogen-bond donors (Lipinski definition) is 1. The van der Waals surface area contributed by atoms with Crippen molar-refractivity contribution in [3.8, 4) is 0 Å². The van der Waals surface area contributed by atoms with E-state index >= 15 is 0 Å². The molecule has 3 nitrogen and oxygen atoms in total. The van der Waals surface area contributed by atoms with E-state index < -0.39 is 0 Å². The van der Waals surface area contributed by atoms with E-state index in [1.165, 1.54) is 19.3 Å². The number of halogens is 1. The molecule has 1 aromatic rings. The standard InChI is InChI=1S/C15H25BrN2O/c1-5-6-7-8-15(2,3)11-17-14(19)13-9-12(16)10-18(13)4/h9-10H,5-8,11H2,1-4H3,(H,17,19). The fraction of sp³-hybridized carbons (Fsp3) is 0.667. The molecule has 0 saturated carbocycles. The average Bonchev–Trinajstić information content (AvgIpc) is 2.66. The number of hydrogen-bond acceptors (Lipinski definition) is 1. The molecule has 1 rings (SSSR count). The zero-order valence-corrected chi connectivity index (χ0v) is 14.0. The largest absolute Gasteiger partial charge is 0.350 e. The third-order valence-electron chi connectivity index (χ3n) is 3.39. The van der Waals surface area contributed by atoms with Gasteiger partial charge in [0.15, 0.2) is 0 Å². The summed E-state index contributed by atoms with van der Waals surface area (Å²) in [6.07, 6.45) is 6.77. The van der Waals surface area contributed by atoms with Crippen molar-refractivity contribution in [1.29, 1.82) is 0 Å². The molecule has 4 heteroatoms. The van der Waals surface area contributed by atoms with E-state index in [-0.39, 0.29) is 11.3 Å². The molecule has 108 valence electrons. The minimum absolute atomic E-state index is 0.00299. The fourth-order valence-electron chi connectivity index (χ4n) is 2.10. The van der Waals surface area contributed by atoms with Crippen LogP contribution in [-0.2, 0) is 7.05 Å². The summed E-state index contributed by atoms with van der Waals surface area (Å²) in [5, 5.41) is 3.04. The Balaban J connectivity index is 2.47. The minimum Gasteiger partial charge on any atom is -0.350 e. The summed E-state index contributed by atoms with van der Waals surface area (Å²) < 4.78 is 2.77. The molecule has 1 N–H and O–H groups in total. The Hall–Kier alpha value is -0.770. The van der Waals surface area contributed by atoms with Crippen molar-refractivity contribution in [1.82, 2.24) is 9.88 Å². The van der Waals surface area contributed by atoms with Crippen molar-refractivity contribution in [2.24, 2.45) is 12.5 Å². The van der Waals surface area contributed by atoms with Gasteiger partial charge in [0.05, 0.1) is 0 Å². The third-order valence-corrected chi connectivity index (χ3v) is 3.82. The maximum atomic E-state index is 12.1. The van der Waals surface area contributed by atoms with Crippen molar-refractivity contribution in [3.63, 3.8) is 0 Å². The van der Waals surface area contributed by atoms with E-state index in [4.69, 9.17) is 0 Å². The van der Waals surface area contributed by atoms with E-state index in [0.717, 1.165) is 17.4 Å². The van der Waals surface area contributed by atoms with Crippen LogP contribution in [0.15, 0.2) is 16.7 Å². The molecule has 0 aromatic carbocycles. The molecule has 1 aromatic heterocycles. The van der Waals surface area contributed by atoms with Gasteiger partial charge >= 0.3 is 0 Å². The van der Waals surface area contributed by atoms with E-state index in [1.54, 1.807) is 0 Å². The predicted molar refractivity (Wildman–Crippen MR) is 83.4 cm³/mol. The second kappa shape index (κ2) is 7.13. The first-order valence-electron chi connectivity index (χ1n) is 6.96. The summed E-state index contributed by atoms with van der Waals surface area (Å²) in [5.41, 5.74) is 0.851. The van der Waals surface area contributed by atoms with Crippen LogP contribution in [0.1, 0.15) is 56.9 Å². The molecule has 0 spiro atoms. The lowest BCUT2D eigenvalue weighted by Gasteiger charge is -2.25. The molecule has 1 amide bonds. The molecule has 0 unspecified atom stereocenters. The van der Waals surface area contributed by atoms with Crippen LogP contribution in [0, 0.1) is 5.41 Å². The van der Waals surface area contributed by atoms with Gasteiger partial charge in [-0.3, -0.25) is 4.79 Å². The second-order valence-electron chi connectivity index (χ2n) is 5.96. The van der Waals surface area contributed by atoms with Crippen molar-refractivity contribution >= 4 is 21.8 Å². The van der Waals surface area contributed by atoms with Gasteiger partial charge in [-0.1, -0.05) is 40.0 Å². The lowest BCUT2D eigenvalue weighted by Crippen LogP contribution is -2.34. The Bertz CT molecular complexity index is 424. The number of aryl methyl sites for hydroxylation is 1. The lowest BCUT2D eigenvalue weighted by molar-refractivity contribution is 0.0926. The number of aromatic nitrogens is 1. The topological polar surface area (TPSA) is 34.0 Å². The van der Waals surface area contributed by atoms with Crippen molar-refractivity contribution < 1.29 is 4.79 Å². The monoisotopic (exact) mass is 328 g/mol. The molecule has 0 aliphatic heterocycles. The Morgan fingerprint density at radius 2 is 2.11 bits per heavy atom.